The van der Waals surface area contributed by atoms with E-state index in [0.717, 1.165) is 4.47 Å². The normalized spacial score (nSPS) is 10.8. The third-order valence-electron chi connectivity index (χ3n) is 3.04. The molecule has 0 aliphatic rings. The zero-order chi connectivity index (χ0) is 15.2. The molecule has 1 aromatic carbocycles. The highest BCUT2D eigenvalue weighted by atomic mass is 79.9. The molecule has 0 radical (unpaired) electrons. The Hall–Kier alpha value is -1.69. The molecule has 0 saturated carbocycles. The van der Waals surface area contributed by atoms with Crippen molar-refractivity contribution in [3.05, 3.63) is 34.3 Å². The van der Waals surface area contributed by atoms with Crippen molar-refractivity contribution in [3.8, 4) is 0 Å². The van der Waals surface area contributed by atoms with Crippen LogP contribution in [0, 0.1) is 0 Å². The van der Waals surface area contributed by atoms with Crippen LogP contribution in [0.1, 0.15) is 18.4 Å². The molecule has 1 aromatic rings. The van der Waals surface area contributed by atoms with E-state index in [1.165, 1.54) is 14.2 Å². The molecule has 0 heterocycles. The van der Waals surface area contributed by atoms with Crippen LogP contribution in [0.5, 0.6) is 0 Å². The Labute approximate surface area is 125 Å². The van der Waals surface area contributed by atoms with Crippen LogP contribution in [-0.4, -0.2) is 32.4 Å². The van der Waals surface area contributed by atoms with E-state index in [4.69, 9.17) is 9.47 Å². The number of methoxy groups -OCH3 is 2. The number of benzene rings is 1. The van der Waals surface area contributed by atoms with E-state index in [1.807, 2.05) is 0 Å². The van der Waals surface area contributed by atoms with Gasteiger partial charge in [0.25, 0.3) is 0 Å². The number of halogens is 1. The smallest absolute Gasteiger partial charge is 0.327 e. The summed E-state index contributed by atoms with van der Waals surface area (Å²) in [6.07, 6.45) is 0.692. The topological polar surface area (TPSA) is 69.7 Å². The molecular weight excluding hydrogens is 328 g/mol. The minimum absolute atomic E-state index is 0.00250. The Balaban J connectivity index is 3.41. The van der Waals surface area contributed by atoms with E-state index in [1.54, 1.807) is 24.3 Å². The first-order valence-electron chi connectivity index (χ1n) is 5.89. The number of rotatable bonds is 6. The molecule has 0 N–H and O–H groups in total. The number of aldehydes is 1. The molecule has 0 atom stereocenters. The molecule has 108 valence electrons. The van der Waals surface area contributed by atoms with Crippen molar-refractivity contribution < 1.29 is 23.9 Å². The summed E-state index contributed by atoms with van der Waals surface area (Å²) < 4.78 is 10.3. The van der Waals surface area contributed by atoms with Gasteiger partial charge in [-0.05, 0) is 24.1 Å². The summed E-state index contributed by atoms with van der Waals surface area (Å²) in [7, 11) is 2.39. The molecule has 20 heavy (non-hydrogen) atoms. The van der Waals surface area contributed by atoms with Crippen molar-refractivity contribution in [2.24, 2.45) is 0 Å². The molecule has 0 aliphatic carbocycles. The highest BCUT2D eigenvalue weighted by Crippen LogP contribution is 2.33. The van der Waals surface area contributed by atoms with Gasteiger partial charge in [-0.3, -0.25) is 9.59 Å². The summed E-state index contributed by atoms with van der Waals surface area (Å²) in [5, 5.41) is 0. The SMILES string of the molecule is COC(=O)C(CCC=O)(C(=O)OC)c1ccc(Br)cc1. The lowest BCUT2D eigenvalue weighted by atomic mass is 9.76. The molecule has 0 bridgehead atoms. The zero-order valence-corrected chi connectivity index (χ0v) is 12.8. The number of hydrogen-bond donors (Lipinski definition) is 0. The quantitative estimate of drug-likeness (QED) is 0.449. The van der Waals surface area contributed by atoms with Gasteiger partial charge >= 0.3 is 11.9 Å². The molecule has 5 nitrogen and oxygen atoms in total. The predicted molar refractivity (Wildman–Crippen MR) is 75.2 cm³/mol. The van der Waals surface area contributed by atoms with E-state index in [-0.39, 0.29) is 12.8 Å². The highest BCUT2D eigenvalue weighted by Gasteiger charge is 2.49. The molecule has 0 unspecified atom stereocenters. The molecule has 0 aromatic heterocycles. The summed E-state index contributed by atoms with van der Waals surface area (Å²) in [6, 6.07) is 6.67. The highest BCUT2D eigenvalue weighted by molar-refractivity contribution is 9.10. The van der Waals surface area contributed by atoms with Crippen LogP contribution in [0.4, 0.5) is 0 Å². The van der Waals surface area contributed by atoms with Crippen LogP contribution in [0.2, 0.25) is 0 Å². The van der Waals surface area contributed by atoms with Crippen LogP contribution >= 0.6 is 15.9 Å². The Morgan fingerprint density at radius 1 is 1.15 bits per heavy atom. The molecule has 0 spiro atoms. The molecule has 6 heteroatoms. The predicted octanol–water partition coefficient (Wildman–Crippen LogP) is 2.01. The summed E-state index contributed by atoms with van der Waals surface area (Å²) in [6.45, 7) is 0. The summed E-state index contributed by atoms with van der Waals surface area (Å²) in [4.78, 5) is 35.0. The van der Waals surface area contributed by atoms with Gasteiger partial charge in [-0.1, -0.05) is 28.1 Å². The third kappa shape index (κ3) is 3.07. The maximum Gasteiger partial charge on any atom is 0.327 e. The fourth-order valence-electron chi connectivity index (χ4n) is 2.03. The number of carbonyl (C=O) groups is 3. The van der Waals surface area contributed by atoms with Gasteiger partial charge in [0.15, 0.2) is 5.41 Å². The van der Waals surface area contributed by atoms with Crippen molar-refractivity contribution in [1.29, 1.82) is 0 Å². The van der Waals surface area contributed by atoms with Gasteiger partial charge in [0, 0.05) is 10.9 Å². The van der Waals surface area contributed by atoms with Crippen LogP contribution in [0.15, 0.2) is 28.7 Å². The van der Waals surface area contributed by atoms with Gasteiger partial charge in [0.05, 0.1) is 14.2 Å². The maximum absolute atomic E-state index is 12.2. The van der Waals surface area contributed by atoms with Crippen molar-refractivity contribution in [1.82, 2.24) is 0 Å². The first kappa shape index (κ1) is 16.4. The van der Waals surface area contributed by atoms with Crippen LogP contribution in [-0.2, 0) is 29.3 Å². The van der Waals surface area contributed by atoms with Gasteiger partial charge in [0.1, 0.15) is 6.29 Å². The molecular formula is C14H15BrO5. The average Bonchev–Trinajstić information content (AvgIpc) is 2.48. The summed E-state index contributed by atoms with van der Waals surface area (Å²) in [5.41, 5.74) is -1.19. The van der Waals surface area contributed by atoms with Gasteiger partial charge in [-0.15, -0.1) is 0 Å². The first-order valence-corrected chi connectivity index (χ1v) is 6.68. The molecule has 0 fully saturated rings. The van der Waals surface area contributed by atoms with Crippen LogP contribution in [0.25, 0.3) is 0 Å². The van der Waals surface area contributed by atoms with Gasteiger partial charge in [0.2, 0.25) is 0 Å². The number of ether oxygens (including phenoxy) is 2. The lowest BCUT2D eigenvalue weighted by Gasteiger charge is -2.28. The van der Waals surface area contributed by atoms with E-state index in [9.17, 15) is 14.4 Å². The summed E-state index contributed by atoms with van der Waals surface area (Å²) in [5.74, 6) is -1.48. The second-order valence-electron chi connectivity index (χ2n) is 4.10. The van der Waals surface area contributed by atoms with E-state index in [0.29, 0.717) is 11.8 Å². The standard InChI is InChI=1S/C14H15BrO5/c1-19-12(17)14(8-3-9-16,13(18)20-2)10-4-6-11(15)7-5-10/h4-7,9H,3,8H2,1-2H3. The first-order chi connectivity index (χ1) is 9.52. The van der Waals surface area contributed by atoms with Crippen LogP contribution < -0.4 is 0 Å². The second-order valence-corrected chi connectivity index (χ2v) is 5.02. The minimum atomic E-state index is -1.62. The largest absolute Gasteiger partial charge is 0.468 e. The summed E-state index contributed by atoms with van der Waals surface area (Å²) >= 11 is 3.28. The molecule has 1 rings (SSSR count). The lowest BCUT2D eigenvalue weighted by molar-refractivity contribution is -0.162. The Morgan fingerprint density at radius 2 is 1.65 bits per heavy atom. The average molecular weight is 343 g/mol. The Kier molecular flexibility index (Phi) is 5.88. The molecule has 0 saturated heterocycles. The Morgan fingerprint density at radius 3 is 2.05 bits per heavy atom. The van der Waals surface area contributed by atoms with E-state index < -0.39 is 17.4 Å². The fraction of sp³-hybridized carbons (Fsp3) is 0.357. The molecule has 0 aliphatic heterocycles. The van der Waals surface area contributed by atoms with Gasteiger partial charge in [-0.2, -0.15) is 0 Å². The fourth-order valence-corrected chi connectivity index (χ4v) is 2.29. The minimum Gasteiger partial charge on any atom is -0.468 e. The monoisotopic (exact) mass is 342 g/mol. The van der Waals surface area contributed by atoms with Gasteiger partial charge < -0.3 is 14.3 Å². The van der Waals surface area contributed by atoms with Crippen molar-refractivity contribution >= 4 is 34.2 Å². The maximum atomic E-state index is 12.2. The second kappa shape index (κ2) is 7.19. The number of carbonyl (C=O) groups excluding carboxylic acids is 3. The van der Waals surface area contributed by atoms with E-state index >= 15 is 0 Å². The Bertz CT molecular complexity index is 479. The third-order valence-corrected chi connectivity index (χ3v) is 3.57. The van der Waals surface area contributed by atoms with Crippen molar-refractivity contribution in [3.63, 3.8) is 0 Å². The zero-order valence-electron chi connectivity index (χ0n) is 11.2. The van der Waals surface area contributed by atoms with Crippen molar-refractivity contribution in [2.75, 3.05) is 14.2 Å². The number of hydrogen-bond acceptors (Lipinski definition) is 5. The van der Waals surface area contributed by atoms with Crippen molar-refractivity contribution in [2.45, 2.75) is 18.3 Å². The van der Waals surface area contributed by atoms with Crippen LogP contribution in [0.3, 0.4) is 0 Å². The van der Waals surface area contributed by atoms with Gasteiger partial charge in [-0.25, -0.2) is 0 Å². The lowest BCUT2D eigenvalue weighted by Crippen LogP contribution is -2.45. The van der Waals surface area contributed by atoms with E-state index in [2.05, 4.69) is 15.9 Å². The number of esters is 2. The molecule has 0 amide bonds.